The average molecular weight is 490 g/mol. The lowest BCUT2D eigenvalue weighted by Gasteiger charge is -2.13. The molecule has 4 rings (SSSR count). The molecule has 1 aromatic carbocycles. The van der Waals surface area contributed by atoms with Crippen LogP contribution >= 0.6 is 11.6 Å². The van der Waals surface area contributed by atoms with E-state index in [0.717, 1.165) is 18.3 Å². The van der Waals surface area contributed by atoms with Crippen molar-refractivity contribution < 1.29 is 27.8 Å². The van der Waals surface area contributed by atoms with Crippen LogP contribution in [0, 0.1) is 0 Å². The van der Waals surface area contributed by atoms with Crippen LogP contribution in [0.2, 0.25) is 5.02 Å². The summed E-state index contributed by atoms with van der Waals surface area (Å²) in [6.07, 6.45) is -1.89. The molecule has 0 amide bonds. The Bertz CT molecular complexity index is 1380. The third-order valence-electron chi connectivity index (χ3n) is 4.68. The molecule has 174 valence electrons. The van der Waals surface area contributed by atoms with Crippen LogP contribution in [0.4, 0.5) is 24.5 Å². The topological polar surface area (TPSA) is 110 Å². The minimum atomic E-state index is -4.44. The number of fused-ring (bicyclic) bond motifs is 1. The van der Waals surface area contributed by atoms with Crippen LogP contribution in [0.15, 0.2) is 48.8 Å². The fraction of sp³-hybridized carbons (Fsp3) is 0.136. The van der Waals surface area contributed by atoms with Gasteiger partial charge in [-0.05, 0) is 36.4 Å². The molecule has 3 heterocycles. The summed E-state index contributed by atoms with van der Waals surface area (Å²) in [6.45, 7) is 0.149. The lowest BCUT2D eigenvalue weighted by molar-refractivity contribution is -0.137. The number of rotatable bonds is 6. The molecule has 0 unspecified atom stereocenters. The van der Waals surface area contributed by atoms with Crippen molar-refractivity contribution in [1.29, 1.82) is 0 Å². The molecule has 0 bridgehead atoms. The maximum Gasteiger partial charge on any atom is 0.416 e. The van der Waals surface area contributed by atoms with Gasteiger partial charge in [0, 0.05) is 19.0 Å². The van der Waals surface area contributed by atoms with Gasteiger partial charge < -0.3 is 15.2 Å². The molecular formula is C22H15ClF3N5O3. The van der Waals surface area contributed by atoms with Gasteiger partial charge in [0.2, 0.25) is 0 Å². The van der Waals surface area contributed by atoms with E-state index in [4.69, 9.17) is 21.4 Å². The van der Waals surface area contributed by atoms with Gasteiger partial charge in [0.25, 0.3) is 0 Å². The molecule has 2 N–H and O–H groups in total. The van der Waals surface area contributed by atoms with Crippen LogP contribution in [-0.4, -0.2) is 38.1 Å². The number of carboxylic acid groups (broad SMARTS) is 1. The maximum absolute atomic E-state index is 12.9. The Morgan fingerprint density at radius 2 is 1.85 bits per heavy atom. The SMILES string of the molecule is COCc1cc(Nc2ccc(C(F)(F)F)cc2)c2ncc(-c3ncc(C(=O)O)cc3Cl)nc2n1. The summed E-state index contributed by atoms with van der Waals surface area (Å²) in [4.78, 5) is 28.5. The fourth-order valence-electron chi connectivity index (χ4n) is 3.12. The molecule has 0 aliphatic heterocycles. The number of ether oxygens (including phenoxy) is 1. The van der Waals surface area contributed by atoms with Gasteiger partial charge in [0.05, 0.1) is 40.3 Å². The Balaban J connectivity index is 1.75. The van der Waals surface area contributed by atoms with Crippen molar-refractivity contribution >= 4 is 40.1 Å². The molecule has 0 fully saturated rings. The minimum absolute atomic E-state index is 0.0738. The van der Waals surface area contributed by atoms with Crippen LogP contribution in [0.5, 0.6) is 0 Å². The monoisotopic (exact) mass is 489 g/mol. The van der Waals surface area contributed by atoms with Gasteiger partial charge >= 0.3 is 12.1 Å². The van der Waals surface area contributed by atoms with Gasteiger partial charge in [-0.3, -0.25) is 4.98 Å². The summed E-state index contributed by atoms with van der Waals surface area (Å²) in [5.41, 5.74) is 1.56. The summed E-state index contributed by atoms with van der Waals surface area (Å²) in [7, 11) is 1.49. The number of carboxylic acids is 1. The largest absolute Gasteiger partial charge is 0.478 e. The number of aromatic carboxylic acids is 1. The van der Waals surface area contributed by atoms with Crippen molar-refractivity contribution in [3.05, 3.63) is 70.6 Å². The van der Waals surface area contributed by atoms with Crippen molar-refractivity contribution in [3.63, 3.8) is 0 Å². The Labute approximate surface area is 195 Å². The number of benzene rings is 1. The second kappa shape index (κ2) is 9.20. The van der Waals surface area contributed by atoms with Gasteiger partial charge in [0.1, 0.15) is 16.9 Å². The molecule has 34 heavy (non-hydrogen) atoms. The van der Waals surface area contributed by atoms with Crippen molar-refractivity contribution in [2.75, 3.05) is 12.4 Å². The van der Waals surface area contributed by atoms with Crippen molar-refractivity contribution in [2.24, 2.45) is 0 Å². The number of pyridine rings is 2. The van der Waals surface area contributed by atoms with Gasteiger partial charge in [-0.2, -0.15) is 13.2 Å². The van der Waals surface area contributed by atoms with Crippen LogP contribution in [0.25, 0.3) is 22.6 Å². The zero-order valence-corrected chi connectivity index (χ0v) is 18.1. The Kier molecular flexibility index (Phi) is 6.31. The second-order valence-corrected chi connectivity index (χ2v) is 7.49. The first-order valence-electron chi connectivity index (χ1n) is 9.65. The molecule has 0 saturated carbocycles. The van der Waals surface area contributed by atoms with E-state index in [2.05, 4.69) is 25.3 Å². The number of anilines is 2. The number of hydrogen-bond acceptors (Lipinski definition) is 7. The molecule has 0 spiro atoms. The van der Waals surface area contributed by atoms with E-state index >= 15 is 0 Å². The average Bonchev–Trinajstić information content (AvgIpc) is 2.78. The Morgan fingerprint density at radius 3 is 2.47 bits per heavy atom. The van der Waals surface area contributed by atoms with E-state index < -0.39 is 17.7 Å². The molecule has 0 aliphatic rings. The fourth-order valence-corrected chi connectivity index (χ4v) is 3.39. The third kappa shape index (κ3) is 4.90. The Hall–Kier alpha value is -3.83. The first-order valence-corrected chi connectivity index (χ1v) is 10.0. The standard InChI is InChI=1S/C22H15ClF3N5O3/c1-34-10-14-7-16(29-13-4-2-12(3-5-13)22(24,25)26)19-20(30-14)31-17(9-28-19)18-15(23)6-11(8-27-18)21(32)33/h2-9H,10H2,1H3,(H,32,33)(H,29,30,31). The number of halogens is 4. The first-order chi connectivity index (χ1) is 16.2. The molecule has 0 radical (unpaired) electrons. The van der Waals surface area contributed by atoms with E-state index in [1.54, 1.807) is 6.07 Å². The van der Waals surface area contributed by atoms with E-state index in [0.29, 0.717) is 22.6 Å². The summed E-state index contributed by atoms with van der Waals surface area (Å²) >= 11 is 6.20. The predicted octanol–water partition coefficient (Wildman–Crippen LogP) is 5.35. The summed E-state index contributed by atoms with van der Waals surface area (Å²) < 4.78 is 43.7. The lowest BCUT2D eigenvalue weighted by atomic mass is 10.2. The van der Waals surface area contributed by atoms with Gasteiger partial charge in [-0.15, -0.1) is 0 Å². The summed E-state index contributed by atoms with van der Waals surface area (Å²) in [5, 5.41) is 12.2. The summed E-state index contributed by atoms with van der Waals surface area (Å²) in [5.74, 6) is -1.17. The maximum atomic E-state index is 12.9. The molecule has 0 aliphatic carbocycles. The van der Waals surface area contributed by atoms with E-state index in [1.165, 1.54) is 31.5 Å². The van der Waals surface area contributed by atoms with E-state index in [9.17, 15) is 18.0 Å². The number of methoxy groups -OCH3 is 1. The number of alkyl halides is 3. The van der Waals surface area contributed by atoms with Crippen LogP contribution in [-0.2, 0) is 17.5 Å². The molecular weight excluding hydrogens is 475 g/mol. The van der Waals surface area contributed by atoms with E-state index in [-0.39, 0.29) is 34.2 Å². The number of carbonyl (C=O) groups is 1. The number of nitrogens with one attached hydrogen (secondary N) is 1. The van der Waals surface area contributed by atoms with Crippen LogP contribution in [0.1, 0.15) is 21.6 Å². The smallest absolute Gasteiger partial charge is 0.416 e. The number of hydrogen-bond donors (Lipinski definition) is 2. The van der Waals surface area contributed by atoms with Crippen molar-refractivity contribution in [1.82, 2.24) is 19.9 Å². The molecule has 4 aromatic rings. The highest BCUT2D eigenvalue weighted by molar-refractivity contribution is 6.33. The molecule has 0 saturated heterocycles. The van der Waals surface area contributed by atoms with E-state index in [1.807, 2.05) is 0 Å². The molecule has 8 nitrogen and oxygen atoms in total. The molecule has 3 aromatic heterocycles. The Morgan fingerprint density at radius 1 is 1.12 bits per heavy atom. The predicted molar refractivity (Wildman–Crippen MR) is 118 cm³/mol. The number of nitrogens with zero attached hydrogens (tertiary/aromatic N) is 4. The normalized spacial score (nSPS) is 11.6. The van der Waals surface area contributed by atoms with Gasteiger partial charge in [0.15, 0.2) is 5.65 Å². The second-order valence-electron chi connectivity index (χ2n) is 7.08. The van der Waals surface area contributed by atoms with Crippen LogP contribution < -0.4 is 5.32 Å². The molecule has 0 atom stereocenters. The highest BCUT2D eigenvalue weighted by atomic mass is 35.5. The highest BCUT2D eigenvalue weighted by Gasteiger charge is 2.30. The zero-order chi connectivity index (χ0) is 24.5. The summed E-state index contributed by atoms with van der Waals surface area (Å²) in [6, 6.07) is 7.47. The third-order valence-corrected chi connectivity index (χ3v) is 4.97. The minimum Gasteiger partial charge on any atom is -0.478 e. The quantitative estimate of drug-likeness (QED) is 0.373. The lowest BCUT2D eigenvalue weighted by Crippen LogP contribution is -2.05. The zero-order valence-electron chi connectivity index (χ0n) is 17.4. The number of aromatic nitrogens is 4. The van der Waals surface area contributed by atoms with Gasteiger partial charge in [-0.1, -0.05) is 11.6 Å². The van der Waals surface area contributed by atoms with Crippen molar-refractivity contribution in [3.8, 4) is 11.4 Å². The molecule has 12 heteroatoms. The van der Waals surface area contributed by atoms with Gasteiger partial charge in [-0.25, -0.2) is 19.7 Å². The highest BCUT2D eigenvalue weighted by Crippen LogP contribution is 2.32. The first kappa shape index (κ1) is 23.3. The van der Waals surface area contributed by atoms with Crippen LogP contribution in [0.3, 0.4) is 0 Å². The van der Waals surface area contributed by atoms with Crippen molar-refractivity contribution in [2.45, 2.75) is 12.8 Å².